The molecule has 0 aliphatic carbocycles. The molecule has 2 rings (SSSR count). The van der Waals surface area contributed by atoms with Crippen molar-refractivity contribution in [2.24, 2.45) is 0 Å². The Morgan fingerprint density at radius 1 is 1.23 bits per heavy atom. The van der Waals surface area contributed by atoms with Gasteiger partial charge in [-0.1, -0.05) is 6.07 Å². The number of rotatable bonds is 6. The molecule has 0 saturated carbocycles. The van der Waals surface area contributed by atoms with E-state index in [1.807, 2.05) is 6.07 Å². The summed E-state index contributed by atoms with van der Waals surface area (Å²) < 4.78 is 14.7. The molecule has 1 aromatic carbocycles. The molecule has 0 amide bonds. The molecule has 0 aliphatic heterocycles. The molecular formula is C14H12N2O6. The topological polar surface area (TPSA) is 101 Å². The number of hydrogen-bond donors (Lipinski definition) is 0. The summed E-state index contributed by atoms with van der Waals surface area (Å²) in [4.78, 5) is 25.2. The molecule has 22 heavy (non-hydrogen) atoms. The summed E-state index contributed by atoms with van der Waals surface area (Å²) in [6.45, 7) is -0.0284. The summed E-state index contributed by atoms with van der Waals surface area (Å²) in [5.74, 6) is 0.142. The minimum atomic E-state index is -0.958. The van der Waals surface area contributed by atoms with Gasteiger partial charge in [-0.05, 0) is 23.8 Å². The van der Waals surface area contributed by atoms with Crippen molar-refractivity contribution >= 4 is 11.8 Å². The van der Waals surface area contributed by atoms with Gasteiger partial charge in [0.15, 0.2) is 6.79 Å². The molecule has 0 saturated heterocycles. The van der Waals surface area contributed by atoms with Crippen LogP contribution < -0.4 is 4.74 Å². The number of hydrogen-bond acceptors (Lipinski definition) is 7. The minimum Gasteiger partial charge on any atom is -0.407 e. The highest BCUT2D eigenvalue weighted by Gasteiger charge is 2.09. The van der Waals surface area contributed by atoms with Crippen LogP contribution in [0.2, 0.25) is 0 Å². The Hall–Kier alpha value is -3.00. The summed E-state index contributed by atoms with van der Waals surface area (Å²) in [5.41, 5.74) is 0.746. The fraction of sp³-hybridized carbons (Fsp3) is 0.143. The molecule has 0 radical (unpaired) electrons. The van der Waals surface area contributed by atoms with E-state index in [0.717, 1.165) is 5.56 Å². The van der Waals surface area contributed by atoms with Crippen LogP contribution in [0.5, 0.6) is 5.75 Å². The van der Waals surface area contributed by atoms with Gasteiger partial charge in [-0.25, -0.2) is 4.79 Å². The molecule has 8 nitrogen and oxygen atoms in total. The van der Waals surface area contributed by atoms with Gasteiger partial charge >= 0.3 is 6.16 Å². The monoisotopic (exact) mass is 304 g/mol. The van der Waals surface area contributed by atoms with Crippen molar-refractivity contribution < 1.29 is 23.9 Å². The highest BCUT2D eigenvalue weighted by molar-refractivity contribution is 5.63. The van der Waals surface area contributed by atoms with Gasteiger partial charge in [-0.15, -0.1) is 0 Å². The molecule has 0 aliphatic rings. The first-order chi connectivity index (χ1) is 10.6. The Morgan fingerprint density at radius 3 is 2.64 bits per heavy atom. The van der Waals surface area contributed by atoms with Gasteiger partial charge < -0.3 is 14.2 Å². The molecule has 114 valence electrons. The first-order valence-corrected chi connectivity index (χ1v) is 6.21. The van der Waals surface area contributed by atoms with Crippen molar-refractivity contribution in [2.45, 2.75) is 6.61 Å². The predicted molar refractivity (Wildman–Crippen MR) is 74.1 cm³/mol. The Morgan fingerprint density at radius 2 is 2.00 bits per heavy atom. The Kier molecular flexibility index (Phi) is 5.38. The smallest absolute Gasteiger partial charge is 0.407 e. The maximum Gasteiger partial charge on any atom is 0.515 e. The molecule has 0 spiro atoms. The standard InChI is InChI=1S/C14H12N2O6/c17-14(21-10-20-9-11-2-1-7-15-8-11)22-13-5-3-12(4-6-13)16(18)19/h1-8H,9-10H2. The fourth-order valence-electron chi connectivity index (χ4n) is 1.49. The highest BCUT2D eigenvalue weighted by atomic mass is 16.8. The number of benzene rings is 1. The number of ether oxygens (including phenoxy) is 3. The van der Waals surface area contributed by atoms with Crippen molar-refractivity contribution in [3.63, 3.8) is 0 Å². The van der Waals surface area contributed by atoms with Crippen LogP contribution in [-0.2, 0) is 16.1 Å². The normalized spacial score (nSPS) is 10.0. The zero-order valence-electron chi connectivity index (χ0n) is 11.4. The number of non-ortho nitro benzene ring substituents is 1. The van der Waals surface area contributed by atoms with Crippen LogP contribution in [0.25, 0.3) is 0 Å². The van der Waals surface area contributed by atoms with Gasteiger partial charge in [0.2, 0.25) is 0 Å². The van der Waals surface area contributed by atoms with Crippen molar-refractivity contribution in [1.82, 2.24) is 4.98 Å². The lowest BCUT2D eigenvalue weighted by Crippen LogP contribution is -2.13. The SMILES string of the molecule is O=C(OCOCc1cccnc1)Oc1ccc([N+](=O)[O-])cc1. The van der Waals surface area contributed by atoms with E-state index in [-0.39, 0.29) is 24.8 Å². The van der Waals surface area contributed by atoms with Crippen LogP contribution in [0.1, 0.15) is 5.56 Å². The number of carbonyl (C=O) groups is 1. The third kappa shape index (κ3) is 4.84. The predicted octanol–water partition coefficient (Wildman–Crippen LogP) is 2.68. The van der Waals surface area contributed by atoms with E-state index < -0.39 is 11.1 Å². The minimum absolute atomic E-state index is 0.0967. The fourth-order valence-corrected chi connectivity index (χ4v) is 1.49. The Balaban J connectivity index is 1.70. The molecule has 0 unspecified atom stereocenters. The van der Waals surface area contributed by atoms with E-state index in [2.05, 4.69) is 4.98 Å². The maximum absolute atomic E-state index is 11.4. The molecule has 2 aromatic rings. The number of carbonyl (C=O) groups excluding carboxylic acids is 1. The summed E-state index contributed by atoms with van der Waals surface area (Å²) in [6.07, 6.45) is 2.32. The second-order valence-electron chi connectivity index (χ2n) is 4.07. The maximum atomic E-state index is 11.4. The van der Waals surface area contributed by atoms with E-state index in [9.17, 15) is 14.9 Å². The number of nitrogens with zero attached hydrogens (tertiary/aromatic N) is 2. The van der Waals surface area contributed by atoms with Crippen LogP contribution in [0, 0.1) is 10.1 Å². The average molecular weight is 304 g/mol. The second-order valence-corrected chi connectivity index (χ2v) is 4.07. The van der Waals surface area contributed by atoms with Crippen LogP contribution in [0.15, 0.2) is 48.8 Å². The average Bonchev–Trinajstić information content (AvgIpc) is 2.53. The van der Waals surface area contributed by atoms with Crippen molar-refractivity contribution in [3.05, 3.63) is 64.5 Å². The van der Waals surface area contributed by atoms with Gasteiger partial charge in [0, 0.05) is 24.5 Å². The molecule has 0 atom stereocenters. The lowest BCUT2D eigenvalue weighted by molar-refractivity contribution is -0.384. The van der Waals surface area contributed by atoms with Crippen LogP contribution in [0.4, 0.5) is 10.5 Å². The second kappa shape index (κ2) is 7.70. The zero-order chi connectivity index (χ0) is 15.8. The number of aromatic nitrogens is 1. The highest BCUT2D eigenvalue weighted by Crippen LogP contribution is 2.17. The summed E-state index contributed by atoms with van der Waals surface area (Å²) in [6, 6.07) is 8.64. The summed E-state index contributed by atoms with van der Waals surface area (Å²) in [5, 5.41) is 10.5. The van der Waals surface area contributed by atoms with Crippen molar-refractivity contribution in [3.8, 4) is 5.75 Å². The van der Waals surface area contributed by atoms with Crippen LogP contribution in [0.3, 0.4) is 0 Å². The van der Waals surface area contributed by atoms with Crippen molar-refractivity contribution in [2.75, 3.05) is 6.79 Å². The van der Waals surface area contributed by atoms with Gasteiger partial charge in [0.1, 0.15) is 5.75 Å². The van der Waals surface area contributed by atoms with E-state index >= 15 is 0 Å². The van der Waals surface area contributed by atoms with E-state index in [0.29, 0.717) is 0 Å². The third-order valence-corrected chi connectivity index (χ3v) is 2.50. The number of nitro groups is 1. The molecule has 0 fully saturated rings. The number of nitro benzene ring substituents is 1. The van der Waals surface area contributed by atoms with Gasteiger partial charge in [-0.2, -0.15) is 0 Å². The van der Waals surface area contributed by atoms with Crippen LogP contribution in [-0.4, -0.2) is 22.9 Å². The van der Waals surface area contributed by atoms with Gasteiger partial charge in [0.05, 0.1) is 11.5 Å². The summed E-state index contributed by atoms with van der Waals surface area (Å²) >= 11 is 0. The Bertz CT molecular complexity index is 630. The van der Waals surface area contributed by atoms with E-state index in [1.165, 1.54) is 24.3 Å². The van der Waals surface area contributed by atoms with Gasteiger partial charge in [0.25, 0.3) is 5.69 Å². The van der Waals surface area contributed by atoms with Crippen molar-refractivity contribution in [1.29, 1.82) is 0 Å². The molecule has 1 aromatic heterocycles. The van der Waals surface area contributed by atoms with E-state index in [1.54, 1.807) is 18.5 Å². The summed E-state index contributed by atoms with van der Waals surface area (Å²) in [7, 11) is 0. The first kappa shape index (κ1) is 15.4. The quantitative estimate of drug-likeness (QED) is 0.202. The lowest BCUT2D eigenvalue weighted by atomic mass is 10.3. The molecule has 0 bridgehead atoms. The van der Waals surface area contributed by atoms with Crippen LogP contribution >= 0.6 is 0 Å². The lowest BCUT2D eigenvalue weighted by Gasteiger charge is -2.06. The molecule has 1 heterocycles. The Labute approximate surface area is 125 Å². The first-order valence-electron chi connectivity index (χ1n) is 6.21. The largest absolute Gasteiger partial charge is 0.515 e. The molecular weight excluding hydrogens is 292 g/mol. The van der Waals surface area contributed by atoms with Gasteiger partial charge in [-0.3, -0.25) is 15.1 Å². The molecule has 0 N–H and O–H groups in total. The molecule has 8 heteroatoms. The zero-order valence-corrected chi connectivity index (χ0v) is 11.4. The third-order valence-electron chi connectivity index (χ3n) is 2.50. The number of pyridine rings is 1. The van der Waals surface area contributed by atoms with E-state index in [4.69, 9.17) is 14.2 Å².